The molecule has 1 aromatic carbocycles. The highest BCUT2D eigenvalue weighted by molar-refractivity contribution is 9.10. The first-order valence-electron chi connectivity index (χ1n) is 5.81. The Hall–Kier alpha value is -1.36. The number of carbonyl (C=O) groups is 2. The van der Waals surface area contributed by atoms with Crippen LogP contribution in [0.25, 0.3) is 0 Å². The first-order valence-corrected chi connectivity index (χ1v) is 6.60. The number of benzene rings is 1. The number of halogens is 1. The van der Waals surface area contributed by atoms with Crippen LogP contribution in [0.2, 0.25) is 0 Å². The van der Waals surface area contributed by atoms with Gasteiger partial charge in [0.1, 0.15) is 0 Å². The molecule has 98 valence electrons. The maximum Gasteiger partial charge on any atom is 0.303 e. The molecule has 0 unspecified atom stereocenters. The van der Waals surface area contributed by atoms with Gasteiger partial charge in [-0.1, -0.05) is 28.1 Å². The highest BCUT2D eigenvalue weighted by Gasteiger charge is 2.03. The molecule has 4 nitrogen and oxygen atoms in total. The van der Waals surface area contributed by atoms with E-state index >= 15 is 0 Å². The van der Waals surface area contributed by atoms with E-state index in [-0.39, 0.29) is 18.7 Å². The molecule has 0 atom stereocenters. The molecule has 0 aliphatic heterocycles. The Balaban J connectivity index is 2.17. The minimum absolute atomic E-state index is 0.0407. The molecule has 1 rings (SSSR count). The molecule has 0 spiro atoms. The Morgan fingerprint density at radius 1 is 1.28 bits per heavy atom. The van der Waals surface area contributed by atoms with E-state index in [1.165, 1.54) is 0 Å². The third kappa shape index (κ3) is 6.39. The largest absolute Gasteiger partial charge is 0.481 e. The van der Waals surface area contributed by atoms with Crippen LogP contribution in [0.1, 0.15) is 24.8 Å². The lowest BCUT2D eigenvalue weighted by molar-refractivity contribution is -0.137. The second-order valence-electron chi connectivity index (χ2n) is 3.98. The van der Waals surface area contributed by atoms with Crippen molar-refractivity contribution in [3.8, 4) is 0 Å². The lowest BCUT2D eigenvalue weighted by atomic mass is 10.1. The molecular weight excluding hydrogens is 298 g/mol. The molecule has 0 aliphatic rings. The Morgan fingerprint density at radius 2 is 2.06 bits per heavy atom. The summed E-state index contributed by atoms with van der Waals surface area (Å²) >= 11 is 3.39. The molecule has 2 N–H and O–H groups in total. The smallest absolute Gasteiger partial charge is 0.303 e. The van der Waals surface area contributed by atoms with E-state index in [9.17, 15) is 9.59 Å². The second-order valence-corrected chi connectivity index (χ2v) is 4.89. The molecule has 0 bridgehead atoms. The SMILES string of the molecule is O=C(O)CCCC(=O)NCCc1cccc(Br)c1. The zero-order valence-electron chi connectivity index (χ0n) is 9.99. The van der Waals surface area contributed by atoms with E-state index in [4.69, 9.17) is 5.11 Å². The van der Waals surface area contributed by atoms with Crippen LogP contribution in [-0.4, -0.2) is 23.5 Å². The minimum Gasteiger partial charge on any atom is -0.481 e. The Bertz CT molecular complexity index is 420. The topological polar surface area (TPSA) is 66.4 Å². The monoisotopic (exact) mass is 313 g/mol. The number of aliphatic carboxylic acids is 1. The molecule has 1 aromatic rings. The molecule has 1 amide bonds. The zero-order chi connectivity index (χ0) is 13.4. The van der Waals surface area contributed by atoms with Gasteiger partial charge in [0.05, 0.1) is 0 Å². The average Bonchev–Trinajstić information content (AvgIpc) is 2.28. The summed E-state index contributed by atoms with van der Waals surface area (Å²) in [6, 6.07) is 7.92. The number of hydrogen-bond donors (Lipinski definition) is 2. The summed E-state index contributed by atoms with van der Waals surface area (Å²) in [6.07, 6.45) is 1.46. The summed E-state index contributed by atoms with van der Waals surface area (Å²) in [6.45, 7) is 0.572. The molecule has 0 aromatic heterocycles. The molecule has 5 heteroatoms. The molecule has 0 aliphatic carbocycles. The first kappa shape index (κ1) is 14.7. The summed E-state index contributed by atoms with van der Waals surface area (Å²) < 4.78 is 1.02. The van der Waals surface area contributed by atoms with Crippen LogP contribution in [0.15, 0.2) is 28.7 Å². The summed E-state index contributed by atoms with van der Waals surface area (Å²) in [5.74, 6) is -0.955. The Kier molecular flexibility index (Phi) is 6.43. The van der Waals surface area contributed by atoms with Crippen LogP contribution >= 0.6 is 15.9 Å². The normalized spacial score (nSPS) is 10.1. The number of amides is 1. The van der Waals surface area contributed by atoms with E-state index in [0.717, 1.165) is 16.5 Å². The number of carboxylic acids is 1. The van der Waals surface area contributed by atoms with Crippen LogP contribution in [0, 0.1) is 0 Å². The molecule has 0 heterocycles. The van der Waals surface area contributed by atoms with Crippen molar-refractivity contribution in [3.63, 3.8) is 0 Å². The number of carboxylic acid groups (broad SMARTS) is 1. The van der Waals surface area contributed by atoms with Gasteiger partial charge in [0.15, 0.2) is 0 Å². The van der Waals surface area contributed by atoms with Gasteiger partial charge in [0.2, 0.25) is 5.91 Å². The van der Waals surface area contributed by atoms with Crippen molar-refractivity contribution in [2.75, 3.05) is 6.54 Å². The van der Waals surface area contributed by atoms with Crippen molar-refractivity contribution in [3.05, 3.63) is 34.3 Å². The molecule has 0 saturated heterocycles. The summed E-state index contributed by atoms with van der Waals surface area (Å²) in [5, 5.41) is 11.2. The van der Waals surface area contributed by atoms with E-state index < -0.39 is 5.97 Å². The van der Waals surface area contributed by atoms with Gasteiger partial charge < -0.3 is 10.4 Å². The van der Waals surface area contributed by atoms with Crippen molar-refractivity contribution >= 4 is 27.8 Å². The van der Waals surface area contributed by atoms with Gasteiger partial charge in [0.25, 0.3) is 0 Å². The zero-order valence-corrected chi connectivity index (χ0v) is 11.6. The maximum absolute atomic E-state index is 11.4. The molecule has 18 heavy (non-hydrogen) atoms. The second kappa shape index (κ2) is 7.87. The predicted octanol–water partition coefficient (Wildman–Crippen LogP) is 2.36. The first-order chi connectivity index (χ1) is 8.58. The molecular formula is C13H16BrNO3. The van der Waals surface area contributed by atoms with Crippen molar-refractivity contribution in [1.82, 2.24) is 5.32 Å². The van der Waals surface area contributed by atoms with Crippen LogP contribution < -0.4 is 5.32 Å². The van der Waals surface area contributed by atoms with E-state index in [0.29, 0.717) is 13.0 Å². The number of carbonyl (C=O) groups excluding carboxylic acids is 1. The van der Waals surface area contributed by atoms with Crippen LogP contribution in [-0.2, 0) is 16.0 Å². The van der Waals surface area contributed by atoms with E-state index in [1.807, 2.05) is 24.3 Å². The highest BCUT2D eigenvalue weighted by Crippen LogP contribution is 2.11. The van der Waals surface area contributed by atoms with Gasteiger partial charge in [-0.15, -0.1) is 0 Å². The lowest BCUT2D eigenvalue weighted by Gasteiger charge is -2.05. The minimum atomic E-state index is -0.864. The van der Waals surface area contributed by atoms with Crippen LogP contribution in [0.4, 0.5) is 0 Å². The molecule has 0 saturated carbocycles. The van der Waals surface area contributed by atoms with Crippen molar-refractivity contribution in [2.45, 2.75) is 25.7 Å². The van der Waals surface area contributed by atoms with Gasteiger partial charge in [-0.05, 0) is 30.5 Å². The van der Waals surface area contributed by atoms with Gasteiger partial charge in [-0.2, -0.15) is 0 Å². The van der Waals surface area contributed by atoms with Gasteiger partial charge in [-0.25, -0.2) is 0 Å². The highest BCUT2D eigenvalue weighted by atomic mass is 79.9. The van der Waals surface area contributed by atoms with Crippen LogP contribution in [0.3, 0.4) is 0 Å². The third-order valence-corrected chi connectivity index (χ3v) is 2.91. The molecule has 0 fully saturated rings. The Morgan fingerprint density at radius 3 is 2.72 bits per heavy atom. The summed E-state index contributed by atoms with van der Waals surface area (Å²) in [5.41, 5.74) is 1.15. The van der Waals surface area contributed by atoms with Crippen molar-refractivity contribution in [1.29, 1.82) is 0 Å². The number of hydrogen-bond acceptors (Lipinski definition) is 2. The number of rotatable bonds is 7. The van der Waals surface area contributed by atoms with Gasteiger partial charge in [-0.3, -0.25) is 9.59 Å². The quantitative estimate of drug-likeness (QED) is 0.812. The fourth-order valence-electron chi connectivity index (χ4n) is 1.53. The fourth-order valence-corrected chi connectivity index (χ4v) is 1.97. The summed E-state index contributed by atoms with van der Waals surface area (Å²) in [7, 11) is 0. The lowest BCUT2D eigenvalue weighted by Crippen LogP contribution is -2.25. The van der Waals surface area contributed by atoms with E-state index in [2.05, 4.69) is 21.2 Å². The summed E-state index contributed by atoms with van der Waals surface area (Å²) in [4.78, 5) is 21.6. The fraction of sp³-hybridized carbons (Fsp3) is 0.385. The number of nitrogens with one attached hydrogen (secondary N) is 1. The third-order valence-electron chi connectivity index (χ3n) is 2.42. The van der Waals surface area contributed by atoms with E-state index in [1.54, 1.807) is 0 Å². The van der Waals surface area contributed by atoms with Crippen molar-refractivity contribution in [2.24, 2.45) is 0 Å². The maximum atomic E-state index is 11.4. The van der Waals surface area contributed by atoms with Crippen LogP contribution in [0.5, 0.6) is 0 Å². The molecule has 0 radical (unpaired) electrons. The van der Waals surface area contributed by atoms with Crippen molar-refractivity contribution < 1.29 is 14.7 Å². The average molecular weight is 314 g/mol. The van der Waals surface area contributed by atoms with Gasteiger partial charge in [0, 0.05) is 23.9 Å². The Labute approximate surface area is 115 Å². The predicted molar refractivity (Wildman–Crippen MR) is 72.3 cm³/mol. The standard InChI is InChI=1S/C13H16BrNO3/c14-11-4-1-3-10(9-11)7-8-15-12(16)5-2-6-13(17)18/h1,3-4,9H,2,5-8H2,(H,15,16)(H,17,18). The van der Waals surface area contributed by atoms with Gasteiger partial charge >= 0.3 is 5.97 Å².